The van der Waals surface area contributed by atoms with Crippen molar-refractivity contribution in [3.05, 3.63) is 48.0 Å². The average Bonchev–Trinajstić information content (AvgIpc) is 2.42. The zero-order valence-corrected chi connectivity index (χ0v) is 11.3. The summed E-state index contributed by atoms with van der Waals surface area (Å²) >= 11 is 5.62. The van der Waals surface area contributed by atoms with Gasteiger partial charge in [-0.25, -0.2) is 0 Å². The monoisotopic (exact) mass is 262 g/mol. The highest BCUT2D eigenvalue weighted by Gasteiger charge is 1.96. The second-order valence-electron chi connectivity index (χ2n) is 4.48. The molecule has 0 spiro atoms. The Labute approximate surface area is 114 Å². The first kappa shape index (κ1) is 13.4. The van der Waals surface area contributed by atoms with Crippen molar-refractivity contribution < 1.29 is 4.74 Å². The number of benzene rings is 2. The molecule has 0 saturated heterocycles. The first-order valence-corrected chi connectivity index (χ1v) is 7.05. The van der Waals surface area contributed by atoms with Crippen LogP contribution in [0.25, 0.3) is 10.8 Å². The first-order chi connectivity index (χ1) is 8.90. The molecule has 0 unspecified atom stereocenters. The van der Waals surface area contributed by atoms with E-state index in [-0.39, 0.29) is 0 Å². The lowest BCUT2D eigenvalue weighted by Crippen LogP contribution is -1.95. The fraction of sp³-hybridized carbons (Fsp3) is 0.375. The number of halogens is 1. The number of ether oxygens (including phenoxy) is 1. The molecular weight excluding hydrogens is 244 g/mol. The summed E-state index contributed by atoms with van der Waals surface area (Å²) < 4.78 is 5.67. The van der Waals surface area contributed by atoms with Crippen LogP contribution < -0.4 is 0 Å². The van der Waals surface area contributed by atoms with Crippen LogP contribution in [0.4, 0.5) is 0 Å². The molecule has 0 N–H and O–H groups in total. The van der Waals surface area contributed by atoms with Crippen molar-refractivity contribution in [2.45, 2.75) is 25.9 Å². The Kier molecular flexibility index (Phi) is 5.50. The maximum Gasteiger partial charge on any atom is 0.0717 e. The summed E-state index contributed by atoms with van der Waals surface area (Å²) in [6.45, 7) is 1.52. The summed E-state index contributed by atoms with van der Waals surface area (Å²) in [6, 6.07) is 14.9. The molecule has 0 fully saturated rings. The number of fused-ring (bicyclic) bond motifs is 1. The average molecular weight is 263 g/mol. The highest BCUT2D eigenvalue weighted by atomic mass is 35.5. The molecule has 0 aliphatic heterocycles. The van der Waals surface area contributed by atoms with E-state index in [9.17, 15) is 0 Å². The quantitative estimate of drug-likeness (QED) is 0.516. The molecule has 0 saturated carbocycles. The van der Waals surface area contributed by atoms with E-state index in [1.165, 1.54) is 16.3 Å². The molecule has 2 rings (SSSR count). The van der Waals surface area contributed by atoms with Gasteiger partial charge in [-0.05, 0) is 41.7 Å². The second-order valence-corrected chi connectivity index (χ2v) is 4.86. The third-order valence-corrected chi connectivity index (χ3v) is 3.27. The zero-order valence-electron chi connectivity index (χ0n) is 10.6. The minimum Gasteiger partial charge on any atom is -0.377 e. The van der Waals surface area contributed by atoms with Gasteiger partial charge in [0, 0.05) is 12.5 Å². The minimum absolute atomic E-state index is 0.700. The number of unbranched alkanes of at least 4 members (excludes halogenated alkanes) is 2. The van der Waals surface area contributed by atoms with Crippen molar-refractivity contribution >= 4 is 22.4 Å². The van der Waals surface area contributed by atoms with E-state index < -0.39 is 0 Å². The number of rotatable bonds is 7. The van der Waals surface area contributed by atoms with Gasteiger partial charge in [-0.1, -0.05) is 36.4 Å². The normalized spacial score (nSPS) is 10.9. The van der Waals surface area contributed by atoms with Crippen molar-refractivity contribution in [2.75, 3.05) is 12.5 Å². The molecule has 0 heterocycles. The lowest BCUT2D eigenvalue weighted by Gasteiger charge is -2.05. The summed E-state index contributed by atoms with van der Waals surface area (Å²) in [5, 5.41) is 2.56. The van der Waals surface area contributed by atoms with Gasteiger partial charge in [0.1, 0.15) is 0 Å². The first-order valence-electron chi connectivity index (χ1n) is 6.51. The lowest BCUT2D eigenvalue weighted by molar-refractivity contribution is 0.117. The second kappa shape index (κ2) is 7.40. The van der Waals surface area contributed by atoms with E-state index >= 15 is 0 Å². The van der Waals surface area contributed by atoms with E-state index in [0.717, 1.165) is 31.7 Å². The van der Waals surface area contributed by atoms with Gasteiger partial charge in [0.05, 0.1) is 6.61 Å². The molecule has 0 aromatic heterocycles. The van der Waals surface area contributed by atoms with Gasteiger partial charge in [-0.15, -0.1) is 11.6 Å². The topological polar surface area (TPSA) is 9.23 Å². The van der Waals surface area contributed by atoms with Crippen LogP contribution >= 0.6 is 11.6 Å². The Balaban J connectivity index is 1.81. The van der Waals surface area contributed by atoms with Crippen LogP contribution in [0, 0.1) is 0 Å². The van der Waals surface area contributed by atoms with Crippen molar-refractivity contribution in [3.8, 4) is 0 Å². The van der Waals surface area contributed by atoms with Crippen LogP contribution in [-0.2, 0) is 11.3 Å². The van der Waals surface area contributed by atoms with Crippen molar-refractivity contribution in [1.82, 2.24) is 0 Å². The predicted molar refractivity (Wildman–Crippen MR) is 78.2 cm³/mol. The van der Waals surface area contributed by atoms with E-state index in [1.807, 2.05) is 0 Å². The molecule has 0 amide bonds. The van der Waals surface area contributed by atoms with Crippen LogP contribution in [0.1, 0.15) is 24.8 Å². The van der Waals surface area contributed by atoms with Crippen LogP contribution in [-0.4, -0.2) is 12.5 Å². The minimum atomic E-state index is 0.700. The fourth-order valence-corrected chi connectivity index (χ4v) is 2.18. The molecule has 0 aliphatic rings. The van der Waals surface area contributed by atoms with E-state index in [0.29, 0.717) is 6.61 Å². The molecule has 2 aromatic rings. The molecule has 0 bridgehead atoms. The molecule has 2 heteroatoms. The van der Waals surface area contributed by atoms with E-state index in [2.05, 4.69) is 42.5 Å². The summed E-state index contributed by atoms with van der Waals surface area (Å²) in [5.41, 5.74) is 1.24. The molecule has 2 aromatic carbocycles. The Morgan fingerprint density at radius 3 is 2.56 bits per heavy atom. The zero-order chi connectivity index (χ0) is 12.6. The highest BCUT2D eigenvalue weighted by Crippen LogP contribution is 2.16. The number of hydrogen-bond donors (Lipinski definition) is 0. The molecule has 0 aliphatic carbocycles. The summed E-state index contributed by atoms with van der Waals surface area (Å²) in [4.78, 5) is 0. The van der Waals surface area contributed by atoms with Gasteiger partial charge in [-0.2, -0.15) is 0 Å². The van der Waals surface area contributed by atoms with Gasteiger partial charge in [-0.3, -0.25) is 0 Å². The Bertz CT molecular complexity index is 481. The molecule has 18 heavy (non-hydrogen) atoms. The van der Waals surface area contributed by atoms with Gasteiger partial charge < -0.3 is 4.74 Å². The molecule has 0 radical (unpaired) electrons. The maximum atomic E-state index is 5.67. The van der Waals surface area contributed by atoms with Gasteiger partial charge in [0.25, 0.3) is 0 Å². The van der Waals surface area contributed by atoms with E-state index in [1.54, 1.807) is 0 Å². The number of alkyl halides is 1. The molecule has 96 valence electrons. The largest absolute Gasteiger partial charge is 0.377 e. The van der Waals surface area contributed by atoms with Crippen LogP contribution in [0.2, 0.25) is 0 Å². The number of hydrogen-bond acceptors (Lipinski definition) is 1. The van der Waals surface area contributed by atoms with Gasteiger partial charge >= 0.3 is 0 Å². The predicted octanol–water partition coefficient (Wildman–Crippen LogP) is 4.77. The highest BCUT2D eigenvalue weighted by molar-refractivity contribution is 6.17. The standard InChI is InChI=1S/C16H19ClO/c17-10-4-1-5-11-18-13-14-8-9-15-6-2-3-7-16(15)12-14/h2-3,6-9,12H,1,4-5,10-11,13H2. The summed E-state index contributed by atoms with van der Waals surface area (Å²) in [5.74, 6) is 0.755. The lowest BCUT2D eigenvalue weighted by atomic mass is 10.1. The summed E-state index contributed by atoms with van der Waals surface area (Å²) in [6.07, 6.45) is 3.34. The van der Waals surface area contributed by atoms with Crippen LogP contribution in [0.15, 0.2) is 42.5 Å². The maximum absolute atomic E-state index is 5.67. The van der Waals surface area contributed by atoms with Gasteiger partial charge in [0.2, 0.25) is 0 Å². The summed E-state index contributed by atoms with van der Waals surface area (Å²) in [7, 11) is 0. The van der Waals surface area contributed by atoms with Crippen molar-refractivity contribution in [2.24, 2.45) is 0 Å². The SMILES string of the molecule is ClCCCCCOCc1ccc2ccccc2c1. The Morgan fingerprint density at radius 1 is 0.889 bits per heavy atom. The van der Waals surface area contributed by atoms with Gasteiger partial charge in [0.15, 0.2) is 0 Å². The molecular formula is C16H19ClO. The molecule has 1 nitrogen and oxygen atoms in total. The Morgan fingerprint density at radius 2 is 1.72 bits per heavy atom. The van der Waals surface area contributed by atoms with Crippen molar-refractivity contribution in [1.29, 1.82) is 0 Å². The smallest absolute Gasteiger partial charge is 0.0717 e. The van der Waals surface area contributed by atoms with E-state index in [4.69, 9.17) is 16.3 Å². The Hall–Kier alpha value is -1.05. The van der Waals surface area contributed by atoms with Crippen LogP contribution in [0.3, 0.4) is 0 Å². The van der Waals surface area contributed by atoms with Crippen molar-refractivity contribution in [3.63, 3.8) is 0 Å². The fourth-order valence-electron chi connectivity index (χ4n) is 1.99. The van der Waals surface area contributed by atoms with Crippen LogP contribution in [0.5, 0.6) is 0 Å². The molecule has 0 atom stereocenters. The third kappa shape index (κ3) is 4.01. The third-order valence-electron chi connectivity index (χ3n) is 3.00.